The molecule has 0 unspecified atom stereocenters. The predicted molar refractivity (Wildman–Crippen MR) is 84.8 cm³/mol. The van der Waals surface area contributed by atoms with Crippen molar-refractivity contribution >= 4 is 5.97 Å². The number of hydrogen-bond acceptors (Lipinski definition) is 2. The highest BCUT2D eigenvalue weighted by atomic mass is 16.6. The summed E-state index contributed by atoms with van der Waals surface area (Å²) in [5.41, 5.74) is 0. The van der Waals surface area contributed by atoms with Gasteiger partial charge in [-0.1, -0.05) is 84.0 Å². The summed E-state index contributed by atoms with van der Waals surface area (Å²) in [5, 5.41) is 0. The van der Waals surface area contributed by atoms with Crippen molar-refractivity contribution in [1.82, 2.24) is 0 Å². The van der Waals surface area contributed by atoms with E-state index in [1.807, 2.05) is 0 Å². The Bertz CT molecular complexity index is 230. The van der Waals surface area contributed by atoms with Crippen LogP contribution in [-0.2, 0) is 9.53 Å². The largest absolute Gasteiger partial charge is 0.462 e. The highest BCUT2D eigenvalue weighted by molar-refractivity contribution is 5.75. The Kier molecular flexibility index (Phi) is 10.7. The van der Waals surface area contributed by atoms with Gasteiger partial charge in [0.05, 0.1) is 6.42 Å². The van der Waals surface area contributed by atoms with Crippen LogP contribution in [0.5, 0.6) is 0 Å². The number of ether oxygens (including phenoxy) is 1. The summed E-state index contributed by atoms with van der Waals surface area (Å²) in [6.07, 6.45) is 20.1. The van der Waals surface area contributed by atoms with E-state index in [2.05, 4.69) is 6.92 Å². The average Bonchev–Trinajstić information content (AvgIpc) is 2.41. The first kappa shape index (κ1) is 17.5. The molecule has 2 heteroatoms. The van der Waals surface area contributed by atoms with E-state index >= 15 is 0 Å². The summed E-state index contributed by atoms with van der Waals surface area (Å²) in [6.45, 7) is 2.28. The maximum absolute atomic E-state index is 10.6. The molecule has 0 amide bonds. The zero-order valence-corrected chi connectivity index (χ0v) is 13.5. The lowest BCUT2D eigenvalue weighted by molar-refractivity contribution is -0.169. The van der Waals surface area contributed by atoms with Gasteiger partial charge in [0, 0.05) is 0 Å². The number of carbonyl (C=O) groups is 1. The second kappa shape index (κ2) is 12.2. The van der Waals surface area contributed by atoms with E-state index < -0.39 is 0 Å². The topological polar surface area (TPSA) is 26.3 Å². The molecule has 20 heavy (non-hydrogen) atoms. The number of rotatable bonds is 14. The zero-order chi connectivity index (χ0) is 14.5. The minimum absolute atomic E-state index is 0.00954. The van der Waals surface area contributed by atoms with Crippen LogP contribution in [0.1, 0.15) is 103 Å². The van der Waals surface area contributed by atoms with Crippen molar-refractivity contribution < 1.29 is 9.53 Å². The van der Waals surface area contributed by atoms with Crippen molar-refractivity contribution in [3.63, 3.8) is 0 Å². The number of cyclic esters (lactones) is 1. The van der Waals surface area contributed by atoms with E-state index in [-0.39, 0.29) is 12.1 Å². The normalized spacial score (nSPS) is 17.9. The Hall–Kier alpha value is -0.530. The van der Waals surface area contributed by atoms with Gasteiger partial charge in [-0.2, -0.15) is 0 Å². The average molecular weight is 282 g/mol. The highest BCUT2D eigenvalue weighted by Gasteiger charge is 2.27. The second-order valence-electron chi connectivity index (χ2n) is 6.35. The molecule has 1 saturated heterocycles. The molecule has 0 spiro atoms. The van der Waals surface area contributed by atoms with E-state index in [0.29, 0.717) is 6.42 Å². The van der Waals surface area contributed by atoms with E-state index in [1.165, 1.54) is 83.5 Å². The van der Waals surface area contributed by atoms with E-state index in [9.17, 15) is 4.79 Å². The van der Waals surface area contributed by atoms with Crippen LogP contribution in [0.2, 0.25) is 0 Å². The van der Waals surface area contributed by atoms with Crippen molar-refractivity contribution in [3.8, 4) is 0 Å². The lowest BCUT2D eigenvalue weighted by atomic mass is 10.0. The van der Waals surface area contributed by atoms with Gasteiger partial charge in [-0.3, -0.25) is 4.79 Å². The molecule has 0 N–H and O–H groups in total. The molecule has 1 fully saturated rings. The van der Waals surface area contributed by atoms with E-state index in [4.69, 9.17) is 4.74 Å². The van der Waals surface area contributed by atoms with Gasteiger partial charge < -0.3 is 4.74 Å². The van der Waals surface area contributed by atoms with Gasteiger partial charge in [0.25, 0.3) is 0 Å². The molecular weight excluding hydrogens is 248 g/mol. The molecular formula is C18H34O2. The van der Waals surface area contributed by atoms with E-state index in [1.54, 1.807) is 0 Å². The Morgan fingerprint density at radius 2 is 1.20 bits per heavy atom. The summed E-state index contributed by atoms with van der Waals surface area (Å²) < 4.78 is 5.01. The van der Waals surface area contributed by atoms with Gasteiger partial charge in [0.15, 0.2) is 0 Å². The first-order chi connectivity index (χ1) is 9.83. The number of unbranched alkanes of at least 4 members (excludes halogenated alkanes) is 12. The van der Waals surface area contributed by atoms with Crippen molar-refractivity contribution in [3.05, 3.63) is 0 Å². The molecule has 118 valence electrons. The van der Waals surface area contributed by atoms with Crippen LogP contribution in [0.15, 0.2) is 0 Å². The maximum atomic E-state index is 10.6. The first-order valence-corrected chi connectivity index (χ1v) is 9.02. The lowest BCUT2D eigenvalue weighted by Crippen LogP contribution is -2.32. The summed E-state index contributed by atoms with van der Waals surface area (Å²) in [7, 11) is 0. The quantitative estimate of drug-likeness (QED) is 0.298. The van der Waals surface area contributed by atoms with Crippen LogP contribution >= 0.6 is 0 Å². The zero-order valence-electron chi connectivity index (χ0n) is 13.5. The fourth-order valence-corrected chi connectivity index (χ4v) is 2.91. The summed E-state index contributed by atoms with van der Waals surface area (Å²) >= 11 is 0. The SMILES string of the molecule is CCCCCCCCCCCCCCC[C@@H]1CC(=O)O1. The monoisotopic (exact) mass is 282 g/mol. The molecule has 0 saturated carbocycles. The first-order valence-electron chi connectivity index (χ1n) is 9.02. The summed E-state index contributed by atoms with van der Waals surface area (Å²) in [5.74, 6) is -0.00954. The Balaban J connectivity index is 1.65. The van der Waals surface area contributed by atoms with Crippen molar-refractivity contribution in [2.75, 3.05) is 0 Å². The number of carbonyl (C=O) groups excluding carboxylic acids is 1. The third-order valence-corrected chi connectivity index (χ3v) is 4.32. The molecule has 0 aromatic carbocycles. The molecule has 0 aromatic heterocycles. The molecule has 0 radical (unpaired) electrons. The minimum atomic E-state index is -0.00954. The third kappa shape index (κ3) is 9.39. The van der Waals surface area contributed by atoms with Gasteiger partial charge in [-0.05, 0) is 12.8 Å². The van der Waals surface area contributed by atoms with Gasteiger partial charge >= 0.3 is 5.97 Å². The molecule has 1 aliphatic heterocycles. The van der Waals surface area contributed by atoms with Gasteiger partial charge in [-0.25, -0.2) is 0 Å². The van der Waals surface area contributed by atoms with Crippen LogP contribution in [0.4, 0.5) is 0 Å². The number of hydrogen-bond donors (Lipinski definition) is 0. The Morgan fingerprint density at radius 3 is 1.60 bits per heavy atom. The third-order valence-electron chi connectivity index (χ3n) is 4.32. The Morgan fingerprint density at radius 1 is 0.800 bits per heavy atom. The molecule has 0 aromatic rings. The van der Waals surface area contributed by atoms with Crippen molar-refractivity contribution in [2.45, 2.75) is 109 Å². The van der Waals surface area contributed by atoms with Crippen LogP contribution in [0.25, 0.3) is 0 Å². The predicted octanol–water partition coefficient (Wildman–Crippen LogP) is 5.78. The lowest BCUT2D eigenvalue weighted by Gasteiger charge is -2.25. The molecule has 0 bridgehead atoms. The summed E-state index contributed by atoms with van der Waals surface area (Å²) in [4.78, 5) is 10.6. The van der Waals surface area contributed by atoms with Crippen LogP contribution in [-0.4, -0.2) is 12.1 Å². The summed E-state index contributed by atoms with van der Waals surface area (Å²) in [6, 6.07) is 0. The van der Waals surface area contributed by atoms with Gasteiger partial charge in [0.1, 0.15) is 6.10 Å². The van der Waals surface area contributed by atoms with E-state index in [0.717, 1.165) is 6.42 Å². The molecule has 0 aliphatic carbocycles. The molecule has 1 rings (SSSR count). The van der Waals surface area contributed by atoms with Crippen molar-refractivity contribution in [1.29, 1.82) is 0 Å². The maximum Gasteiger partial charge on any atom is 0.309 e. The molecule has 1 atom stereocenters. The second-order valence-corrected chi connectivity index (χ2v) is 6.35. The molecule has 2 nitrogen and oxygen atoms in total. The fourth-order valence-electron chi connectivity index (χ4n) is 2.91. The van der Waals surface area contributed by atoms with Crippen LogP contribution in [0.3, 0.4) is 0 Å². The van der Waals surface area contributed by atoms with Gasteiger partial charge in [0.2, 0.25) is 0 Å². The fraction of sp³-hybridized carbons (Fsp3) is 0.944. The smallest absolute Gasteiger partial charge is 0.309 e. The standard InChI is InChI=1S/C18H34O2/c1-2-3-4-5-6-7-8-9-10-11-12-13-14-15-17-16-18(19)20-17/h17H,2-16H2,1H3/t17-/m1/s1. The van der Waals surface area contributed by atoms with Gasteiger partial charge in [-0.15, -0.1) is 0 Å². The molecule has 1 aliphatic rings. The highest BCUT2D eigenvalue weighted by Crippen LogP contribution is 2.20. The Labute approximate surface area is 125 Å². The molecule has 1 heterocycles. The van der Waals surface area contributed by atoms with Crippen LogP contribution in [0, 0.1) is 0 Å². The minimum Gasteiger partial charge on any atom is -0.462 e. The van der Waals surface area contributed by atoms with Crippen molar-refractivity contribution in [2.24, 2.45) is 0 Å². The van der Waals surface area contributed by atoms with Crippen LogP contribution < -0.4 is 0 Å². The number of esters is 1.